The van der Waals surface area contributed by atoms with Crippen molar-refractivity contribution in [1.82, 2.24) is 0 Å². The summed E-state index contributed by atoms with van der Waals surface area (Å²) in [4.78, 5) is 16.6. The van der Waals surface area contributed by atoms with Gasteiger partial charge in [0.25, 0.3) is 0 Å². The van der Waals surface area contributed by atoms with Gasteiger partial charge in [-0.05, 0) is 43.7 Å². The lowest BCUT2D eigenvalue weighted by molar-refractivity contribution is -0.117. The van der Waals surface area contributed by atoms with E-state index in [0.717, 1.165) is 44.1 Å². The molecule has 0 bridgehead atoms. The van der Waals surface area contributed by atoms with E-state index in [1.165, 1.54) is 11.3 Å². The van der Waals surface area contributed by atoms with E-state index in [1.807, 2.05) is 23.1 Å². The highest BCUT2D eigenvalue weighted by Crippen LogP contribution is 2.41. The highest BCUT2D eigenvalue weighted by atomic mass is 16.5. The lowest BCUT2D eigenvalue weighted by atomic mass is 9.90. The van der Waals surface area contributed by atoms with Crippen molar-refractivity contribution in [2.24, 2.45) is 0 Å². The Bertz CT molecular complexity index is 802. The lowest BCUT2D eigenvalue weighted by Crippen LogP contribution is -2.43. The maximum absolute atomic E-state index is 12.3. The van der Waals surface area contributed by atoms with Crippen molar-refractivity contribution in [3.8, 4) is 0 Å². The van der Waals surface area contributed by atoms with E-state index in [2.05, 4.69) is 47.5 Å². The number of carbonyl (C=O) groups excluding carboxylic acids is 1. The van der Waals surface area contributed by atoms with Crippen LogP contribution in [0.4, 0.5) is 17.1 Å². The summed E-state index contributed by atoms with van der Waals surface area (Å²) < 4.78 is 5.49. The number of rotatable bonds is 3. The quantitative estimate of drug-likeness (QED) is 0.898. The molecule has 2 heterocycles. The van der Waals surface area contributed by atoms with Gasteiger partial charge in [-0.2, -0.15) is 0 Å². The zero-order chi connectivity index (χ0) is 18.8. The summed E-state index contributed by atoms with van der Waals surface area (Å²) in [6, 6.07) is 17.1. The molecule has 1 fully saturated rings. The van der Waals surface area contributed by atoms with Crippen LogP contribution < -0.4 is 15.1 Å². The molecule has 142 valence electrons. The number of morpholine rings is 1. The van der Waals surface area contributed by atoms with Crippen molar-refractivity contribution in [2.75, 3.05) is 41.4 Å². The average Bonchev–Trinajstić information content (AvgIpc) is 2.69. The first-order valence-corrected chi connectivity index (χ1v) is 9.71. The van der Waals surface area contributed by atoms with Crippen LogP contribution in [0.5, 0.6) is 0 Å². The molecule has 5 nitrogen and oxygen atoms in total. The molecule has 0 aromatic heterocycles. The molecule has 0 radical (unpaired) electrons. The van der Waals surface area contributed by atoms with E-state index in [-0.39, 0.29) is 18.0 Å². The lowest BCUT2D eigenvalue weighted by Gasteiger charge is -2.40. The molecule has 0 spiro atoms. The number of benzene rings is 2. The molecular formula is C22H27N3O2. The predicted octanol–water partition coefficient (Wildman–Crippen LogP) is 3.82. The van der Waals surface area contributed by atoms with Crippen molar-refractivity contribution >= 4 is 23.0 Å². The topological polar surface area (TPSA) is 44.8 Å². The van der Waals surface area contributed by atoms with Crippen LogP contribution >= 0.6 is 0 Å². The van der Waals surface area contributed by atoms with Gasteiger partial charge in [0, 0.05) is 48.7 Å². The van der Waals surface area contributed by atoms with E-state index < -0.39 is 0 Å². The molecule has 2 aliphatic rings. The maximum Gasteiger partial charge on any atom is 0.224 e. The highest BCUT2D eigenvalue weighted by molar-refractivity contribution is 5.94. The average molecular weight is 365 g/mol. The Morgan fingerprint density at radius 3 is 2.56 bits per heavy atom. The summed E-state index contributed by atoms with van der Waals surface area (Å²) in [6.45, 7) is 7.12. The van der Waals surface area contributed by atoms with Gasteiger partial charge in [0.15, 0.2) is 0 Å². The van der Waals surface area contributed by atoms with Gasteiger partial charge in [-0.15, -0.1) is 0 Å². The van der Waals surface area contributed by atoms with E-state index in [9.17, 15) is 4.79 Å². The smallest absolute Gasteiger partial charge is 0.224 e. The number of anilines is 3. The monoisotopic (exact) mass is 365 g/mol. The van der Waals surface area contributed by atoms with Gasteiger partial charge < -0.3 is 19.9 Å². The third-order valence-corrected chi connectivity index (χ3v) is 5.49. The fraction of sp³-hybridized carbons (Fsp3) is 0.409. The zero-order valence-corrected chi connectivity index (χ0v) is 16.0. The molecule has 1 N–H and O–H groups in total. The van der Waals surface area contributed by atoms with Crippen molar-refractivity contribution in [1.29, 1.82) is 0 Å². The fourth-order valence-corrected chi connectivity index (χ4v) is 4.22. The summed E-state index contributed by atoms with van der Waals surface area (Å²) in [5, 5.41) is 3.68. The van der Waals surface area contributed by atoms with Gasteiger partial charge in [0.05, 0.1) is 19.3 Å². The predicted molar refractivity (Wildman–Crippen MR) is 110 cm³/mol. The normalized spacial score (nSPS) is 22.3. The molecule has 0 aliphatic carbocycles. The van der Waals surface area contributed by atoms with Crippen molar-refractivity contribution in [3.63, 3.8) is 0 Å². The molecule has 1 amide bonds. The molecule has 2 atom stereocenters. The van der Waals surface area contributed by atoms with Crippen LogP contribution in [0.1, 0.15) is 31.9 Å². The number of nitrogens with zero attached hydrogens (tertiary/aromatic N) is 2. The molecule has 0 saturated carbocycles. The maximum atomic E-state index is 12.3. The Morgan fingerprint density at radius 2 is 1.85 bits per heavy atom. The zero-order valence-electron chi connectivity index (χ0n) is 16.0. The van der Waals surface area contributed by atoms with Crippen LogP contribution in [0.25, 0.3) is 0 Å². The summed E-state index contributed by atoms with van der Waals surface area (Å²) >= 11 is 0. The number of ether oxygens (including phenoxy) is 1. The van der Waals surface area contributed by atoms with Crippen molar-refractivity contribution < 1.29 is 9.53 Å². The van der Waals surface area contributed by atoms with Crippen LogP contribution in [0.3, 0.4) is 0 Å². The minimum Gasteiger partial charge on any atom is -0.378 e. The fourth-order valence-electron chi connectivity index (χ4n) is 4.22. The number of hydrogen-bond acceptors (Lipinski definition) is 4. The molecule has 0 unspecified atom stereocenters. The number of hydrogen-bond donors (Lipinski definition) is 1. The second-order valence-electron chi connectivity index (χ2n) is 7.38. The second-order valence-corrected chi connectivity index (χ2v) is 7.38. The van der Waals surface area contributed by atoms with E-state index in [0.29, 0.717) is 0 Å². The summed E-state index contributed by atoms with van der Waals surface area (Å²) in [7, 11) is 0. The number of fused-ring (bicyclic) bond motifs is 1. The summed E-state index contributed by atoms with van der Waals surface area (Å²) in [5.41, 5.74) is 4.52. The van der Waals surface area contributed by atoms with E-state index >= 15 is 0 Å². The van der Waals surface area contributed by atoms with Gasteiger partial charge in [-0.3, -0.25) is 4.79 Å². The molecular weight excluding hydrogens is 338 g/mol. The first kappa shape index (κ1) is 17.9. The number of carbonyl (C=O) groups is 1. The number of nitrogens with one attached hydrogen (secondary N) is 1. The van der Waals surface area contributed by atoms with Gasteiger partial charge in [-0.1, -0.05) is 18.2 Å². The Hall–Kier alpha value is -2.53. The standard InChI is InChI=1S/C22H27N3O2/c1-16-14-21(23-18-6-4-3-5-7-18)20-15-19(24-10-12-27-13-11-24)8-9-22(20)25(16)17(2)26/h3-9,15-16,21,23H,10-14H2,1-2H3/t16-,21+/m0/s1. The molecule has 4 rings (SSSR count). The van der Waals surface area contributed by atoms with Gasteiger partial charge >= 0.3 is 0 Å². The molecule has 2 aromatic carbocycles. The number of amides is 1. The van der Waals surface area contributed by atoms with Crippen LogP contribution in [0.15, 0.2) is 48.5 Å². The van der Waals surface area contributed by atoms with Gasteiger partial charge in [-0.25, -0.2) is 0 Å². The molecule has 2 aromatic rings. The summed E-state index contributed by atoms with van der Waals surface area (Å²) in [6.07, 6.45) is 0.883. The Morgan fingerprint density at radius 1 is 1.11 bits per heavy atom. The van der Waals surface area contributed by atoms with Crippen LogP contribution in [0, 0.1) is 0 Å². The highest BCUT2D eigenvalue weighted by Gasteiger charge is 2.33. The third kappa shape index (κ3) is 3.65. The largest absolute Gasteiger partial charge is 0.378 e. The first-order valence-electron chi connectivity index (χ1n) is 9.71. The Labute approximate surface area is 160 Å². The molecule has 1 saturated heterocycles. The van der Waals surface area contributed by atoms with Crippen LogP contribution in [-0.4, -0.2) is 38.3 Å². The van der Waals surface area contributed by atoms with Crippen molar-refractivity contribution in [3.05, 3.63) is 54.1 Å². The van der Waals surface area contributed by atoms with Crippen molar-refractivity contribution in [2.45, 2.75) is 32.4 Å². The second kappa shape index (κ2) is 7.61. The van der Waals surface area contributed by atoms with E-state index in [1.54, 1.807) is 6.92 Å². The molecule has 5 heteroatoms. The van der Waals surface area contributed by atoms with Crippen LogP contribution in [0.2, 0.25) is 0 Å². The van der Waals surface area contributed by atoms with Gasteiger partial charge in [0.1, 0.15) is 0 Å². The summed E-state index contributed by atoms with van der Waals surface area (Å²) in [5.74, 6) is 0.0982. The minimum atomic E-state index is 0.0982. The first-order chi connectivity index (χ1) is 13.1. The van der Waals surface area contributed by atoms with E-state index in [4.69, 9.17) is 4.74 Å². The molecule has 27 heavy (non-hydrogen) atoms. The molecule has 2 aliphatic heterocycles. The third-order valence-electron chi connectivity index (χ3n) is 5.49. The van der Waals surface area contributed by atoms with Crippen LogP contribution in [-0.2, 0) is 9.53 Å². The Kier molecular flexibility index (Phi) is 5.03. The van der Waals surface area contributed by atoms with Gasteiger partial charge in [0.2, 0.25) is 5.91 Å². The minimum absolute atomic E-state index is 0.0982. The SMILES string of the molecule is CC(=O)N1c2ccc(N3CCOCC3)cc2[C@H](Nc2ccccc2)C[C@@H]1C. The Balaban J connectivity index is 1.71. The number of para-hydroxylation sites is 1.